The molecule has 0 radical (unpaired) electrons. The molecule has 20 heavy (non-hydrogen) atoms. The van der Waals surface area contributed by atoms with E-state index < -0.39 is 0 Å². The van der Waals surface area contributed by atoms with Crippen LogP contribution in [0.2, 0.25) is 0 Å². The van der Waals surface area contributed by atoms with Crippen LogP contribution in [-0.2, 0) is 4.79 Å². The predicted octanol–water partition coefficient (Wildman–Crippen LogP) is 3.17. The molecule has 5 heteroatoms. The molecule has 1 aromatic carbocycles. The van der Waals surface area contributed by atoms with Crippen molar-refractivity contribution in [2.45, 2.75) is 32.2 Å². The standard InChI is InChI=1S/C15H21BrN2O2/c1-3-10-6-7-17-13(8-10)15(19)18-11-4-5-12(16)14(9-11)20-2/h4-5,9-10,13,17H,3,6-8H2,1-2H3,(H,18,19). The van der Waals surface area contributed by atoms with Crippen LogP contribution in [0.3, 0.4) is 0 Å². The summed E-state index contributed by atoms with van der Waals surface area (Å²) >= 11 is 3.40. The molecule has 2 N–H and O–H groups in total. The highest BCUT2D eigenvalue weighted by Crippen LogP contribution is 2.28. The first-order valence-corrected chi connectivity index (χ1v) is 7.81. The Bertz CT molecular complexity index is 479. The number of piperidine rings is 1. The van der Waals surface area contributed by atoms with Gasteiger partial charge in [-0.2, -0.15) is 0 Å². The number of hydrogen-bond acceptors (Lipinski definition) is 3. The molecule has 0 aromatic heterocycles. The third-order valence-corrected chi connectivity index (χ3v) is 4.48. The van der Waals surface area contributed by atoms with E-state index in [2.05, 4.69) is 33.5 Å². The van der Waals surface area contributed by atoms with E-state index in [1.807, 2.05) is 18.2 Å². The van der Waals surface area contributed by atoms with E-state index in [4.69, 9.17) is 4.74 Å². The molecule has 0 bridgehead atoms. The molecule has 1 amide bonds. The Morgan fingerprint density at radius 2 is 2.35 bits per heavy atom. The van der Waals surface area contributed by atoms with Gasteiger partial charge < -0.3 is 15.4 Å². The third-order valence-electron chi connectivity index (χ3n) is 3.82. The molecule has 1 aliphatic rings. The maximum absolute atomic E-state index is 12.3. The molecule has 2 rings (SSSR count). The van der Waals surface area contributed by atoms with Crippen LogP contribution in [0.15, 0.2) is 22.7 Å². The molecule has 2 atom stereocenters. The molecule has 1 aliphatic heterocycles. The smallest absolute Gasteiger partial charge is 0.241 e. The quantitative estimate of drug-likeness (QED) is 0.884. The van der Waals surface area contributed by atoms with Gasteiger partial charge in [-0.15, -0.1) is 0 Å². The van der Waals surface area contributed by atoms with E-state index >= 15 is 0 Å². The van der Waals surface area contributed by atoms with E-state index in [0.29, 0.717) is 11.7 Å². The highest BCUT2D eigenvalue weighted by molar-refractivity contribution is 9.10. The van der Waals surface area contributed by atoms with Crippen LogP contribution in [0, 0.1) is 5.92 Å². The topological polar surface area (TPSA) is 50.4 Å². The average Bonchev–Trinajstić information content (AvgIpc) is 2.49. The average molecular weight is 341 g/mol. The Balaban J connectivity index is 2.00. The zero-order chi connectivity index (χ0) is 14.5. The summed E-state index contributed by atoms with van der Waals surface area (Å²) in [5.74, 6) is 1.39. The normalized spacial score (nSPS) is 22.4. The molecule has 0 saturated carbocycles. The molecule has 4 nitrogen and oxygen atoms in total. The predicted molar refractivity (Wildman–Crippen MR) is 84.1 cm³/mol. The van der Waals surface area contributed by atoms with Gasteiger partial charge in [0.1, 0.15) is 5.75 Å². The lowest BCUT2D eigenvalue weighted by Gasteiger charge is -2.28. The Hall–Kier alpha value is -1.07. The highest BCUT2D eigenvalue weighted by Gasteiger charge is 2.25. The Labute approximate surface area is 128 Å². The number of amides is 1. The van der Waals surface area contributed by atoms with E-state index in [1.165, 1.54) is 0 Å². The molecular weight excluding hydrogens is 320 g/mol. The van der Waals surface area contributed by atoms with Gasteiger partial charge in [-0.25, -0.2) is 0 Å². The second-order valence-corrected chi connectivity index (χ2v) is 6.00. The van der Waals surface area contributed by atoms with E-state index in [0.717, 1.165) is 36.0 Å². The van der Waals surface area contributed by atoms with Crippen LogP contribution in [0.5, 0.6) is 5.75 Å². The molecule has 110 valence electrons. The number of ether oxygens (including phenoxy) is 1. The lowest BCUT2D eigenvalue weighted by molar-refractivity contribution is -0.119. The molecular formula is C15H21BrN2O2. The van der Waals surface area contributed by atoms with E-state index in [-0.39, 0.29) is 11.9 Å². The summed E-state index contributed by atoms with van der Waals surface area (Å²) in [6.07, 6.45) is 3.21. The van der Waals surface area contributed by atoms with Crippen molar-refractivity contribution in [2.24, 2.45) is 5.92 Å². The summed E-state index contributed by atoms with van der Waals surface area (Å²) < 4.78 is 6.11. The van der Waals surface area contributed by atoms with Gasteiger partial charge >= 0.3 is 0 Å². The number of methoxy groups -OCH3 is 1. The van der Waals surface area contributed by atoms with Crippen molar-refractivity contribution >= 4 is 27.5 Å². The minimum atomic E-state index is -0.0941. The van der Waals surface area contributed by atoms with Gasteiger partial charge in [-0.3, -0.25) is 4.79 Å². The maximum Gasteiger partial charge on any atom is 0.241 e. The lowest BCUT2D eigenvalue weighted by atomic mass is 9.90. The number of nitrogens with one attached hydrogen (secondary N) is 2. The first-order valence-electron chi connectivity index (χ1n) is 7.01. The van der Waals surface area contributed by atoms with Gasteiger partial charge in [0.25, 0.3) is 0 Å². The molecule has 1 fully saturated rings. The number of benzene rings is 1. The summed E-state index contributed by atoms with van der Waals surface area (Å²) in [6, 6.07) is 5.47. The van der Waals surface area contributed by atoms with E-state index in [9.17, 15) is 4.79 Å². The minimum Gasteiger partial charge on any atom is -0.495 e. The van der Waals surface area contributed by atoms with Gasteiger partial charge in [0.2, 0.25) is 5.91 Å². The number of rotatable bonds is 4. The first kappa shape index (κ1) is 15.3. The molecule has 1 aromatic rings. The number of anilines is 1. The van der Waals surface area contributed by atoms with Crippen molar-refractivity contribution in [2.75, 3.05) is 19.0 Å². The molecule has 2 unspecified atom stereocenters. The molecule has 1 heterocycles. The van der Waals surface area contributed by atoms with Gasteiger partial charge in [-0.05, 0) is 53.4 Å². The van der Waals surface area contributed by atoms with Crippen molar-refractivity contribution in [3.8, 4) is 5.75 Å². The zero-order valence-electron chi connectivity index (χ0n) is 11.9. The first-order chi connectivity index (χ1) is 9.63. The Morgan fingerprint density at radius 1 is 1.55 bits per heavy atom. The van der Waals surface area contributed by atoms with Crippen LogP contribution in [0.1, 0.15) is 26.2 Å². The summed E-state index contributed by atoms with van der Waals surface area (Å²) in [5.41, 5.74) is 0.760. The Kier molecular flexibility index (Phi) is 5.43. The van der Waals surface area contributed by atoms with Crippen LogP contribution in [0.4, 0.5) is 5.69 Å². The van der Waals surface area contributed by atoms with Crippen LogP contribution >= 0.6 is 15.9 Å². The van der Waals surface area contributed by atoms with Gasteiger partial charge in [0, 0.05) is 11.8 Å². The van der Waals surface area contributed by atoms with Gasteiger partial charge in [0.15, 0.2) is 0 Å². The van der Waals surface area contributed by atoms with Crippen molar-refractivity contribution < 1.29 is 9.53 Å². The summed E-state index contributed by atoms with van der Waals surface area (Å²) in [5, 5.41) is 6.25. The minimum absolute atomic E-state index is 0.0347. The summed E-state index contributed by atoms with van der Waals surface area (Å²) in [7, 11) is 1.61. The van der Waals surface area contributed by atoms with Crippen molar-refractivity contribution in [3.63, 3.8) is 0 Å². The van der Waals surface area contributed by atoms with Gasteiger partial charge in [0.05, 0.1) is 17.6 Å². The third kappa shape index (κ3) is 3.73. The summed E-state index contributed by atoms with van der Waals surface area (Å²) in [4.78, 5) is 12.3. The maximum atomic E-state index is 12.3. The lowest BCUT2D eigenvalue weighted by Crippen LogP contribution is -2.46. The molecule has 1 saturated heterocycles. The second kappa shape index (κ2) is 7.09. The second-order valence-electron chi connectivity index (χ2n) is 5.14. The van der Waals surface area contributed by atoms with Crippen LogP contribution in [0.25, 0.3) is 0 Å². The fourth-order valence-corrected chi connectivity index (χ4v) is 2.94. The largest absolute Gasteiger partial charge is 0.495 e. The fourth-order valence-electron chi connectivity index (χ4n) is 2.53. The number of halogens is 1. The number of hydrogen-bond donors (Lipinski definition) is 2. The SMILES string of the molecule is CCC1CCNC(C(=O)Nc2ccc(Br)c(OC)c2)C1. The number of carbonyl (C=O) groups is 1. The van der Waals surface area contributed by atoms with Crippen LogP contribution < -0.4 is 15.4 Å². The molecule has 0 spiro atoms. The highest BCUT2D eigenvalue weighted by atomic mass is 79.9. The monoisotopic (exact) mass is 340 g/mol. The fraction of sp³-hybridized carbons (Fsp3) is 0.533. The van der Waals surface area contributed by atoms with Crippen molar-refractivity contribution in [1.82, 2.24) is 5.32 Å². The number of carbonyl (C=O) groups excluding carboxylic acids is 1. The van der Waals surface area contributed by atoms with Crippen molar-refractivity contribution in [3.05, 3.63) is 22.7 Å². The summed E-state index contributed by atoms with van der Waals surface area (Å²) in [6.45, 7) is 3.10. The Morgan fingerprint density at radius 3 is 3.05 bits per heavy atom. The van der Waals surface area contributed by atoms with E-state index in [1.54, 1.807) is 7.11 Å². The van der Waals surface area contributed by atoms with Gasteiger partial charge in [-0.1, -0.05) is 13.3 Å². The zero-order valence-corrected chi connectivity index (χ0v) is 13.5. The van der Waals surface area contributed by atoms with Crippen LogP contribution in [-0.4, -0.2) is 25.6 Å². The van der Waals surface area contributed by atoms with Crippen molar-refractivity contribution in [1.29, 1.82) is 0 Å². The molecule has 0 aliphatic carbocycles.